The summed E-state index contributed by atoms with van der Waals surface area (Å²) < 4.78 is 0. The molecular weight excluding hydrogens is 204 g/mol. The second kappa shape index (κ2) is 3.81. The molecule has 1 heterocycles. The summed E-state index contributed by atoms with van der Waals surface area (Å²) in [5.74, 6) is -1.22. The Labute approximate surface area is 92.9 Å². The molecule has 0 radical (unpaired) electrons. The van der Waals surface area contributed by atoms with Crippen LogP contribution in [0.2, 0.25) is 0 Å². The molecular formula is C12H11N2O2-. The lowest BCUT2D eigenvalue weighted by Crippen LogP contribution is -2.22. The highest BCUT2D eigenvalue weighted by Crippen LogP contribution is 2.24. The van der Waals surface area contributed by atoms with Gasteiger partial charge < -0.3 is 9.90 Å². The minimum atomic E-state index is -1.22. The molecule has 0 aliphatic rings. The number of carbonyl (C=O) groups is 1. The molecule has 2 rings (SSSR count). The summed E-state index contributed by atoms with van der Waals surface area (Å²) in [5, 5.41) is 17.3. The van der Waals surface area contributed by atoms with Gasteiger partial charge in [-0.1, -0.05) is 23.8 Å². The molecule has 0 atom stereocenters. The standard InChI is InChI=1S/C12H12N2O2/c1-7-3-4-9(8(2)5-7)11-10(12(15)16)6-13-14-11/h3-6H,1-2H3,(H,13,14)(H,15,16)/p-1. The van der Waals surface area contributed by atoms with Crippen LogP contribution in [-0.2, 0) is 0 Å². The highest BCUT2D eigenvalue weighted by Gasteiger charge is 2.10. The van der Waals surface area contributed by atoms with Crippen molar-refractivity contribution < 1.29 is 9.90 Å². The molecule has 4 nitrogen and oxygen atoms in total. The van der Waals surface area contributed by atoms with Crippen LogP contribution in [0.25, 0.3) is 11.3 Å². The monoisotopic (exact) mass is 215 g/mol. The first kappa shape index (κ1) is 10.4. The fourth-order valence-corrected chi connectivity index (χ4v) is 1.74. The maximum absolute atomic E-state index is 10.9. The number of hydrogen-bond donors (Lipinski definition) is 1. The van der Waals surface area contributed by atoms with E-state index in [0.717, 1.165) is 16.7 Å². The van der Waals surface area contributed by atoms with Gasteiger partial charge in [-0.3, -0.25) is 5.10 Å². The van der Waals surface area contributed by atoms with E-state index in [0.29, 0.717) is 5.69 Å². The second-order valence-electron chi connectivity index (χ2n) is 3.76. The van der Waals surface area contributed by atoms with Gasteiger partial charge in [-0.2, -0.15) is 5.10 Å². The van der Waals surface area contributed by atoms with Gasteiger partial charge in [0.05, 0.1) is 17.9 Å². The third kappa shape index (κ3) is 1.69. The van der Waals surface area contributed by atoms with Crippen LogP contribution >= 0.6 is 0 Å². The lowest BCUT2D eigenvalue weighted by Gasteiger charge is -2.07. The van der Waals surface area contributed by atoms with E-state index < -0.39 is 5.97 Å². The average Bonchev–Trinajstić information content (AvgIpc) is 2.66. The van der Waals surface area contributed by atoms with E-state index >= 15 is 0 Å². The highest BCUT2D eigenvalue weighted by molar-refractivity contribution is 5.93. The topological polar surface area (TPSA) is 68.8 Å². The Bertz CT molecular complexity index is 544. The lowest BCUT2D eigenvalue weighted by molar-refractivity contribution is -0.254. The molecule has 0 spiro atoms. The average molecular weight is 215 g/mol. The van der Waals surface area contributed by atoms with Crippen LogP contribution < -0.4 is 5.11 Å². The normalized spacial score (nSPS) is 10.4. The van der Waals surface area contributed by atoms with E-state index in [2.05, 4.69) is 10.2 Å². The highest BCUT2D eigenvalue weighted by atomic mass is 16.4. The molecule has 0 fully saturated rings. The molecule has 16 heavy (non-hydrogen) atoms. The lowest BCUT2D eigenvalue weighted by atomic mass is 10.0. The van der Waals surface area contributed by atoms with Crippen LogP contribution in [0.15, 0.2) is 24.4 Å². The molecule has 0 saturated carbocycles. The summed E-state index contributed by atoms with van der Waals surface area (Å²) in [6.07, 6.45) is 1.27. The number of H-pyrrole nitrogens is 1. The molecule has 2 aromatic rings. The molecule has 0 saturated heterocycles. The molecule has 1 N–H and O–H groups in total. The zero-order valence-corrected chi connectivity index (χ0v) is 9.07. The minimum absolute atomic E-state index is 0.0898. The first-order chi connectivity index (χ1) is 7.59. The van der Waals surface area contributed by atoms with Gasteiger partial charge in [0.15, 0.2) is 0 Å². The number of carboxylic acid groups (broad SMARTS) is 1. The fraction of sp³-hybridized carbons (Fsp3) is 0.167. The van der Waals surface area contributed by atoms with Gasteiger partial charge in [-0.25, -0.2) is 0 Å². The first-order valence-corrected chi connectivity index (χ1v) is 4.92. The number of hydrogen-bond acceptors (Lipinski definition) is 3. The predicted molar refractivity (Wildman–Crippen MR) is 57.8 cm³/mol. The van der Waals surface area contributed by atoms with Crippen molar-refractivity contribution in [1.82, 2.24) is 10.2 Å². The molecule has 0 aliphatic heterocycles. The molecule has 1 aromatic carbocycles. The molecule has 0 bridgehead atoms. The number of nitrogens with zero attached hydrogens (tertiary/aromatic N) is 1. The third-order valence-electron chi connectivity index (χ3n) is 2.51. The third-order valence-corrected chi connectivity index (χ3v) is 2.51. The number of aromatic carboxylic acids is 1. The number of aromatic nitrogens is 2. The maximum atomic E-state index is 10.9. The number of carboxylic acids is 1. The Morgan fingerprint density at radius 3 is 2.75 bits per heavy atom. The van der Waals surface area contributed by atoms with E-state index in [4.69, 9.17) is 0 Å². The zero-order valence-electron chi connectivity index (χ0n) is 9.07. The summed E-state index contributed by atoms with van der Waals surface area (Å²) in [5.41, 5.74) is 3.56. The first-order valence-electron chi connectivity index (χ1n) is 4.92. The Hall–Kier alpha value is -2.10. The maximum Gasteiger partial charge on any atom is 0.0753 e. The Morgan fingerprint density at radius 1 is 1.38 bits per heavy atom. The van der Waals surface area contributed by atoms with Gasteiger partial charge in [0.2, 0.25) is 0 Å². The molecule has 4 heteroatoms. The van der Waals surface area contributed by atoms with Gasteiger partial charge in [-0.05, 0) is 19.4 Å². The Kier molecular flexibility index (Phi) is 2.48. The van der Waals surface area contributed by atoms with E-state index in [9.17, 15) is 9.90 Å². The quantitative estimate of drug-likeness (QED) is 0.814. The molecule has 1 aromatic heterocycles. The summed E-state index contributed by atoms with van der Waals surface area (Å²) >= 11 is 0. The van der Waals surface area contributed by atoms with E-state index in [1.54, 1.807) is 0 Å². The molecule has 0 aliphatic carbocycles. The fourth-order valence-electron chi connectivity index (χ4n) is 1.74. The van der Waals surface area contributed by atoms with Crippen LogP contribution in [0.1, 0.15) is 21.5 Å². The van der Waals surface area contributed by atoms with Gasteiger partial charge in [0.1, 0.15) is 0 Å². The van der Waals surface area contributed by atoms with Crippen LogP contribution in [-0.4, -0.2) is 16.2 Å². The van der Waals surface area contributed by atoms with Crippen molar-refractivity contribution in [2.24, 2.45) is 0 Å². The van der Waals surface area contributed by atoms with Crippen molar-refractivity contribution in [2.75, 3.05) is 0 Å². The van der Waals surface area contributed by atoms with Gasteiger partial charge >= 0.3 is 0 Å². The van der Waals surface area contributed by atoms with Crippen molar-refractivity contribution in [3.8, 4) is 11.3 Å². The Morgan fingerprint density at radius 2 is 2.12 bits per heavy atom. The molecule has 82 valence electrons. The van der Waals surface area contributed by atoms with Gasteiger partial charge in [0.25, 0.3) is 0 Å². The minimum Gasteiger partial charge on any atom is -0.545 e. The number of benzene rings is 1. The summed E-state index contributed by atoms with van der Waals surface area (Å²) in [4.78, 5) is 10.9. The van der Waals surface area contributed by atoms with Crippen molar-refractivity contribution in [1.29, 1.82) is 0 Å². The SMILES string of the molecule is Cc1ccc(-c2[nH]ncc2C(=O)[O-])c(C)c1. The number of nitrogens with one attached hydrogen (secondary N) is 1. The zero-order chi connectivity index (χ0) is 11.7. The number of aryl methyl sites for hydroxylation is 2. The van der Waals surface area contributed by atoms with E-state index in [1.165, 1.54) is 6.20 Å². The van der Waals surface area contributed by atoms with Gasteiger partial charge in [0, 0.05) is 11.1 Å². The summed E-state index contributed by atoms with van der Waals surface area (Å²) in [6.45, 7) is 3.92. The van der Waals surface area contributed by atoms with E-state index in [-0.39, 0.29) is 5.56 Å². The van der Waals surface area contributed by atoms with Crippen molar-refractivity contribution in [3.63, 3.8) is 0 Å². The van der Waals surface area contributed by atoms with Crippen LogP contribution in [0.4, 0.5) is 0 Å². The smallest absolute Gasteiger partial charge is 0.0753 e. The number of rotatable bonds is 2. The van der Waals surface area contributed by atoms with Crippen molar-refractivity contribution >= 4 is 5.97 Å². The summed E-state index contributed by atoms with van der Waals surface area (Å²) in [7, 11) is 0. The van der Waals surface area contributed by atoms with Crippen LogP contribution in [0.3, 0.4) is 0 Å². The predicted octanol–water partition coefficient (Wildman–Crippen LogP) is 1.06. The van der Waals surface area contributed by atoms with Crippen LogP contribution in [0, 0.1) is 13.8 Å². The number of carbonyl (C=O) groups excluding carboxylic acids is 1. The number of aromatic amines is 1. The second-order valence-corrected chi connectivity index (χ2v) is 3.76. The van der Waals surface area contributed by atoms with Crippen LogP contribution in [0.5, 0.6) is 0 Å². The molecule has 0 amide bonds. The molecule has 0 unspecified atom stereocenters. The Balaban J connectivity index is 2.59. The largest absolute Gasteiger partial charge is 0.545 e. The van der Waals surface area contributed by atoms with Gasteiger partial charge in [-0.15, -0.1) is 0 Å². The summed E-state index contributed by atoms with van der Waals surface area (Å²) in [6, 6.07) is 5.81. The van der Waals surface area contributed by atoms with E-state index in [1.807, 2.05) is 32.0 Å². The van der Waals surface area contributed by atoms with Crippen molar-refractivity contribution in [2.45, 2.75) is 13.8 Å². The van der Waals surface area contributed by atoms with Crippen molar-refractivity contribution in [3.05, 3.63) is 41.1 Å².